The highest BCUT2D eigenvalue weighted by Gasteiger charge is 2.30. The Morgan fingerprint density at radius 2 is 2.11 bits per heavy atom. The molecule has 2 aliphatic heterocycles. The first-order chi connectivity index (χ1) is 13.5. The molecule has 1 N–H and O–H groups in total. The predicted molar refractivity (Wildman–Crippen MR) is 104 cm³/mol. The highest BCUT2D eigenvalue weighted by atomic mass is 16.5. The lowest BCUT2D eigenvalue weighted by molar-refractivity contribution is -0.138. The van der Waals surface area contributed by atoms with E-state index in [0.29, 0.717) is 44.2 Å². The molecule has 28 heavy (non-hydrogen) atoms. The minimum absolute atomic E-state index is 0.0202. The van der Waals surface area contributed by atoms with Crippen molar-refractivity contribution in [3.05, 3.63) is 17.5 Å². The van der Waals surface area contributed by atoms with Gasteiger partial charge in [0.25, 0.3) is 0 Å². The Morgan fingerprint density at radius 3 is 2.82 bits per heavy atom. The van der Waals surface area contributed by atoms with Gasteiger partial charge in [0.1, 0.15) is 0 Å². The topological polar surface area (TPSA) is 87.9 Å². The molecular formula is C20H32N4O4. The Labute approximate surface area is 166 Å². The van der Waals surface area contributed by atoms with Crippen LogP contribution in [0.3, 0.4) is 0 Å². The van der Waals surface area contributed by atoms with E-state index in [-0.39, 0.29) is 17.7 Å². The number of hydrogen-bond donors (Lipinski definition) is 1. The fourth-order valence-corrected chi connectivity index (χ4v) is 3.66. The molecule has 1 aromatic rings. The molecule has 1 atom stereocenters. The van der Waals surface area contributed by atoms with Crippen LogP contribution in [-0.2, 0) is 20.9 Å². The number of nitrogens with zero attached hydrogens (tertiary/aromatic N) is 3. The fourth-order valence-electron chi connectivity index (χ4n) is 3.66. The van der Waals surface area contributed by atoms with Gasteiger partial charge in [-0.05, 0) is 18.8 Å². The van der Waals surface area contributed by atoms with Crippen LogP contribution >= 0.6 is 0 Å². The Bertz CT molecular complexity index is 654. The van der Waals surface area contributed by atoms with E-state index in [1.165, 1.54) is 0 Å². The van der Waals surface area contributed by atoms with Crippen LogP contribution in [-0.4, -0.2) is 72.7 Å². The fraction of sp³-hybridized carbons (Fsp3) is 0.750. The van der Waals surface area contributed by atoms with Crippen molar-refractivity contribution in [2.45, 2.75) is 45.6 Å². The molecule has 0 saturated carbocycles. The van der Waals surface area contributed by atoms with E-state index in [1.54, 1.807) is 0 Å². The van der Waals surface area contributed by atoms with Crippen LogP contribution in [0, 0.1) is 5.92 Å². The molecule has 1 aromatic heterocycles. The normalized spacial score (nSPS) is 21.3. The van der Waals surface area contributed by atoms with Crippen molar-refractivity contribution in [3.8, 4) is 0 Å². The zero-order chi connectivity index (χ0) is 19.9. The van der Waals surface area contributed by atoms with Crippen LogP contribution in [0.1, 0.15) is 50.5 Å². The third-order valence-corrected chi connectivity index (χ3v) is 5.48. The quantitative estimate of drug-likeness (QED) is 0.719. The maximum Gasteiger partial charge on any atom is 0.225 e. The van der Waals surface area contributed by atoms with Crippen LogP contribution in [0.5, 0.6) is 0 Å². The third kappa shape index (κ3) is 5.78. The number of amides is 2. The lowest BCUT2D eigenvalue weighted by atomic mass is 9.96. The van der Waals surface area contributed by atoms with Crippen LogP contribution in [0.4, 0.5) is 0 Å². The summed E-state index contributed by atoms with van der Waals surface area (Å²) >= 11 is 0. The third-order valence-electron chi connectivity index (χ3n) is 5.48. The lowest BCUT2D eigenvalue weighted by Gasteiger charge is -2.33. The van der Waals surface area contributed by atoms with Gasteiger partial charge in [0, 0.05) is 45.2 Å². The first-order valence-corrected chi connectivity index (χ1v) is 10.3. The first kappa shape index (κ1) is 20.8. The van der Waals surface area contributed by atoms with Crippen molar-refractivity contribution in [3.63, 3.8) is 0 Å². The van der Waals surface area contributed by atoms with Crippen LogP contribution < -0.4 is 5.32 Å². The number of aromatic nitrogens is 1. The Balaban J connectivity index is 1.41. The molecule has 0 spiro atoms. The number of piperidine rings is 1. The first-order valence-electron chi connectivity index (χ1n) is 10.3. The molecule has 8 nitrogen and oxygen atoms in total. The van der Waals surface area contributed by atoms with Gasteiger partial charge in [0.05, 0.1) is 31.4 Å². The second kappa shape index (κ2) is 10.0. The summed E-state index contributed by atoms with van der Waals surface area (Å²) < 4.78 is 10.6. The molecule has 8 heteroatoms. The standard InChI is InChI=1S/C20H32N4O4/c1-15(2)18-12-17(28-22-18)13-21-20(26)16-4-5-19(25)24(14-16)7-3-6-23-8-10-27-11-9-23/h12,15-16H,3-11,13-14H2,1-2H3,(H,21,26)/t16-/m0/s1. The van der Waals surface area contributed by atoms with E-state index < -0.39 is 0 Å². The van der Waals surface area contributed by atoms with Crippen molar-refractivity contribution in [1.82, 2.24) is 20.3 Å². The molecule has 0 aromatic carbocycles. The van der Waals surface area contributed by atoms with Crippen LogP contribution in [0.15, 0.2) is 10.6 Å². The summed E-state index contributed by atoms with van der Waals surface area (Å²) in [5, 5.41) is 6.94. The molecule has 156 valence electrons. The predicted octanol–water partition coefficient (Wildman–Crippen LogP) is 1.38. The summed E-state index contributed by atoms with van der Waals surface area (Å²) in [7, 11) is 0. The number of carbonyl (C=O) groups excluding carboxylic acids is 2. The van der Waals surface area contributed by atoms with E-state index in [1.807, 2.05) is 24.8 Å². The van der Waals surface area contributed by atoms with Crippen molar-refractivity contribution in [1.29, 1.82) is 0 Å². The average molecular weight is 393 g/mol. The van der Waals surface area contributed by atoms with Gasteiger partial charge < -0.3 is 19.5 Å². The van der Waals surface area contributed by atoms with Crippen molar-refractivity contribution >= 4 is 11.8 Å². The summed E-state index contributed by atoms with van der Waals surface area (Å²) in [6.45, 7) is 10.1. The van der Waals surface area contributed by atoms with Gasteiger partial charge in [-0.2, -0.15) is 0 Å². The summed E-state index contributed by atoms with van der Waals surface area (Å²) in [5.41, 5.74) is 0.888. The molecule has 0 radical (unpaired) electrons. The van der Waals surface area contributed by atoms with Gasteiger partial charge in [-0.15, -0.1) is 0 Å². The van der Waals surface area contributed by atoms with Crippen molar-refractivity contribution in [2.75, 3.05) is 45.9 Å². The van der Waals surface area contributed by atoms with Gasteiger partial charge in [0.15, 0.2) is 5.76 Å². The maximum atomic E-state index is 12.6. The highest BCUT2D eigenvalue weighted by molar-refractivity contribution is 5.83. The van der Waals surface area contributed by atoms with Gasteiger partial charge in [0.2, 0.25) is 11.8 Å². The van der Waals surface area contributed by atoms with Crippen LogP contribution in [0.25, 0.3) is 0 Å². The van der Waals surface area contributed by atoms with Gasteiger partial charge in [-0.25, -0.2) is 0 Å². The Hall–Kier alpha value is -1.93. The molecule has 2 fully saturated rings. The highest BCUT2D eigenvalue weighted by Crippen LogP contribution is 2.19. The summed E-state index contributed by atoms with van der Waals surface area (Å²) in [5.74, 6) is 0.930. The largest absolute Gasteiger partial charge is 0.379 e. The molecule has 2 amide bonds. The maximum absolute atomic E-state index is 12.6. The molecule has 2 saturated heterocycles. The molecule has 2 aliphatic rings. The molecule has 0 unspecified atom stereocenters. The molecule has 3 rings (SSSR count). The number of nitrogens with one attached hydrogen (secondary N) is 1. The Morgan fingerprint density at radius 1 is 1.32 bits per heavy atom. The number of morpholine rings is 1. The van der Waals surface area contributed by atoms with Crippen molar-refractivity contribution in [2.24, 2.45) is 5.92 Å². The number of ether oxygens (including phenoxy) is 1. The zero-order valence-electron chi connectivity index (χ0n) is 17.0. The van der Waals surface area contributed by atoms with E-state index in [2.05, 4.69) is 15.4 Å². The summed E-state index contributed by atoms with van der Waals surface area (Å²) in [6, 6.07) is 1.88. The average Bonchev–Trinajstić information content (AvgIpc) is 3.18. The van der Waals surface area contributed by atoms with Crippen LogP contribution in [0.2, 0.25) is 0 Å². The Kier molecular flexibility index (Phi) is 7.44. The van der Waals surface area contributed by atoms with E-state index >= 15 is 0 Å². The second-order valence-corrected chi connectivity index (χ2v) is 7.97. The smallest absolute Gasteiger partial charge is 0.225 e. The lowest BCUT2D eigenvalue weighted by Crippen LogP contribution is -2.46. The number of likely N-dealkylation sites (tertiary alicyclic amines) is 1. The van der Waals surface area contributed by atoms with E-state index in [4.69, 9.17) is 9.26 Å². The van der Waals surface area contributed by atoms with Gasteiger partial charge in [-0.1, -0.05) is 19.0 Å². The minimum Gasteiger partial charge on any atom is -0.379 e. The number of carbonyl (C=O) groups is 2. The molecule has 0 bridgehead atoms. The van der Waals surface area contributed by atoms with E-state index in [0.717, 1.165) is 45.0 Å². The summed E-state index contributed by atoms with van der Waals surface area (Å²) in [4.78, 5) is 29.0. The van der Waals surface area contributed by atoms with Gasteiger partial charge in [-0.3, -0.25) is 14.5 Å². The second-order valence-electron chi connectivity index (χ2n) is 7.97. The monoisotopic (exact) mass is 392 g/mol. The summed E-state index contributed by atoms with van der Waals surface area (Å²) in [6.07, 6.45) is 1.98. The van der Waals surface area contributed by atoms with E-state index in [9.17, 15) is 9.59 Å². The van der Waals surface area contributed by atoms with Crippen molar-refractivity contribution < 1.29 is 18.8 Å². The molecule has 3 heterocycles. The van der Waals surface area contributed by atoms with Gasteiger partial charge >= 0.3 is 0 Å². The SMILES string of the molecule is CC(C)c1cc(CNC(=O)[C@H]2CCC(=O)N(CCCN3CCOCC3)C2)on1. The molecule has 0 aliphatic carbocycles. The zero-order valence-corrected chi connectivity index (χ0v) is 17.0. The minimum atomic E-state index is -0.159. The number of rotatable bonds is 8. The number of hydrogen-bond acceptors (Lipinski definition) is 6. The molecular weight excluding hydrogens is 360 g/mol.